The molecule has 2 aliphatic heterocycles. The normalized spacial score (nSPS) is 38.8. The highest BCUT2D eigenvalue weighted by atomic mass is 16.5. The van der Waals surface area contributed by atoms with Gasteiger partial charge in [-0.3, -0.25) is 5.32 Å². The van der Waals surface area contributed by atoms with Crippen LogP contribution in [-0.2, 0) is 4.74 Å². The molecular weight excluding hydrogens is 188 g/mol. The lowest BCUT2D eigenvalue weighted by Crippen LogP contribution is -2.47. The predicted octanol–water partition coefficient (Wildman–Crippen LogP) is 1.30. The Balaban J connectivity index is 1.80. The van der Waals surface area contributed by atoms with E-state index in [9.17, 15) is 0 Å². The molecule has 2 aliphatic rings. The van der Waals surface area contributed by atoms with Crippen LogP contribution < -0.4 is 5.32 Å². The minimum absolute atomic E-state index is 0.310. The minimum atomic E-state index is 0.310. The third-order valence-electron chi connectivity index (χ3n) is 3.64. The van der Waals surface area contributed by atoms with Crippen LogP contribution in [0.5, 0.6) is 0 Å². The van der Waals surface area contributed by atoms with Gasteiger partial charge in [-0.25, -0.2) is 0 Å². The fraction of sp³-hybridized carbons (Fsp3) is 1.00. The summed E-state index contributed by atoms with van der Waals surface area (Å²) in [6, 6.07) is 0.678. The average Bonchev–Trinajstić information content (AvgIpc) is 2.68. The summed E-state index contributed by atoms with van der Waals surface area (Å²) in [4.78, 5) is 2.55. The van der Waals surface area contributed by atoms with Crippen LogP contribution in [-0.4, -0.2) is 43.4 Å². The number of likely N-dealkylation sites (tertiary alicyclic amines) is 1. The van der Waals surface area contributed by atoms with Gasteiger partial charge in [0.25, 0.3) is 0 Å². The van der Waals surface area contributed by atoms with Gasteiger partial charge in [0.05, 0.1) is 6.61 Å². The molecule has 3 heteroatoms. The molecule has 2 fully saturated rings. The van der Waals surface area contributed by atoms with Crippen LogP contribution >= 0.6 is 0 Å². The van der Waals surface area contributed by atoms with Crippen molar-refractivity contribution in [3.8, 4) is 0 Å². The number of hydrogen-bond donors (Lipinski definition) is 1. The summed E-state index contributed by atoms with van der Waals surface area (Å²) in [5, 5.41) is 3.52. The largest absolute Gasteiger partial charge is 0.363 e. The van der Waals surface area contributed by atoms with Crippen LogP contribution in [0.4, 0.5) is 0 Å². The maximum absolute atomic E-state index is 5.86. The second-order valence-electron chi connectivity index (χ2n) is 5.40. The Morgan fingerprint density at radius 1 is 1.40 bits per heavy atom. The van der Waals surface area contributed by atoms with Crippen molar-refractivity contribution in [2.45, 2.75) is 39.5 Å². The highest BCUT2D eigenvalue weighted by molar-refractivity contribution is 4.84. The second-order valence-corrected chi connectivity index (χ2v) is 5.40. The molecule has 1 N–H and O–H groups in total. The van der Waals surface area contributed by atoms with Gasteiger partial charge in [-0.1, -0.05) is 6.92 Å². The molecule has 88 valence electrons. The van der Waals surface area contributed by atoms with Gasteiger partial charge in [-0.2, -0.15) is 0 Å². The average molecular weight is 212 g/mol. The predicted molar refractivity (Wildman–Crippen MR) is 61.7 cm³/mol. The third kappa shape index (κ3) is 2.71. The van der Waals surface area contributed by atoms with E-state index in [1.807, 2.05) is 0 Å². The topological polar surface area (TPSA) is 24.5 Å². The summed E-state index contributed by atoms with van der Waals surface area (Å²) in [5.41, 5.74) is 0. The van der Waals surface area contributed by atoms with Crippen LogP contribution in [0, 0.1) is 11.8 Å². The Morgan fingerprint density at radius 3 is 2.73 bits per heavy atom. The Hall–Kier alpha value is -0.120. The lowest BCUT2D eigenvalue weighted by molar-refractivity contribution is -0.0543. The van der Waals surface area contributed by atoms with Crippen molar-refractivity contribution in [1.29, 1.82) is 0 Å². The van der Waals surface area contributed by atoms with E-state index >= 15 is 0 Å². The summed E-state index contributed by atoms with van der Waals surface area (Å²) < 4.78 is 5.86. The molecular formula is C12H24N2O. The van der Waals surface area contributed by atoms with E-state index in [0.717, 1.165) is 13.2 Å². The van der Waals surface area contributed by atoms with Crippen molar-refractivity contribution in [3.05, 3.63) is 0 Å². The Labute approximate surface area is 93.2 Å². The van der Waals surface area contributed by atoms with Gasteiger partial charge < -0.3 is 9.64 Å². The van der Waals surface area contributed by atoms with Crippen LogP contribution in [0.2, 0.25) is 0 Å². The molecule has 0 aromatic rings. The third-order valence-corrected chi connectivity index (χ3v) is 3.64. The van der Waals surface area contributed by atoms with E-state index in [0.29, 0.717) is 24.1 Å². The van der Waals surface area contributed by atoms with E-state index in [4.69, 9.17) is 4.74 Å². The van der Waals surface area contributed by atoms with Crippen LogP contribution in [0.3, 0.4) is 0 Å². The van der Waals surface area contributed by atoms with E-state index in [2.05, 4.69) is 31.0 Å². The maximum Gasteiger partial charge on any atom is 0.112 e. The molecule has 0 aliphatic carbocycles. The van der Waals surface area contributed by atoms with Crippen LogP contribution in [0.25, 0.3) is 0 Å². The highest BCUT2D eigenvalue weighted by Crippen LogP contribution is 2.24. The Bertz CT molecular complexity index is 200. The van der Waals surface area contributed by atoms with Gasteiger partial charge in [0.15, 0.2) is 0 Å². The van der Waals surface area contributed by atoms with E-state index in [1.165, 1.54) is 19.5 Å². The lowest BCUT2D eigenvalue weighted by Gasteiger charge is -2.32. The molecule has 3 unspecified atom stereocenters. The van der Waals surface area contributed by atoms with Gasteiger partial charge in [0.2, 0.25) is 0 Å². The zero-order valence-corrected chi connectivity index (χ0v) is 10.2. The number of ether oxygens (including phenoxy) is 1. The Morgan fingerprint density at radius 2 is 2.20 bits per heavy atom. The standard InChI is InChI=1S/C12H24N2O/c1-9(2)14-5-4-11(7-14)12-13-6-10(3)8-15-12/h9-13H,4-8H2,1-3H3. The van der Waals surface area contributed by atoms with Crippen molar-refractivity contribution >= 4 is 0 Å². The van der Waals surface area contributed by atoms with Crippen molar-refractivity contribution in [2.75, 3.05) is 26.2 Å². The smallest absolute Gasteiger partial charge is 0.112 e. The number of rotatable bonds is 2. The van der Waals surface area contributed by atoms with Gasteiger partial charge in [0, 0.05) is 25.0 Å². The molecule has 3 atom stereocenters. The summed E-state index contributed by atoms with van der Waals surface area (Å²) in [6.07, 6.45) is 1.59. The molecule has 0 spiro atoms. The van der Waals surface area contributed by atoms with E-state index in [1.54, 1.807) is 0 Å². The maximum atomic E-state index is 5.86. The molecule has 15 heavy (non-hydrogen) atoms. The Kier molecular flexibility index (Phi) is 3.65. The molecule has 0 bridgehead atoms. The number of hydrogen-bond acceptors (Lipinski definition) is 3. The van der Waals surface area contributed by atoms with Gasteiger partial charge in [-0.05, 0) is 32.7 Å². The molecule has 2 heterocycles. The van der Waals surface area contributed by atoms with E-state index < -0.39 is 0 Å². The fourth-order valence-corrected chi connectivity index (χ4v) is 2.54. The summed E-state index contributed by atoms with van der Waals surface area (Å²) in [7, 11) is 0. The SMILES string of the molecule is CC1CNC(C2CCN(C(C)C)C2)OC1. The molecule has 2 rings (SSSR count). The molecule has 0 aromatic heterocycles. The van der Waals surface area contributed by atoms with Gasteiger partial charge in [0.1, 0.15) is 6.23 Å². The molecule has 0 amide bonds. The van der Waals surface area contributed by atoms with E-state index in [-0.39, 0.29) is 0 Å². The first-order valence-electron chi connectivity index (χ1n) is 6.26. The minimum Gasteiger partial charge on any atom is -0.363 e. The summed E-state index contributed by atoms with van der Waals surface area (Å²) in [6.45, 7) is 11.3. The first-order chi connectivity index (χ1) is 7.16. The molecule has 0 aromatic carbocycles. The quantitative estimate of drug-likeness (QED) is 0.746. The van der Waals surface area contributed by atoms with Gasteiger partial charge >= 0.3 is 0 Å². The molecule has 3 nitrogen and oxygen atoms in total. The van der Waals surface area contributed by atoms with Crippen molar-refractivity contribution in [3.63, 3.8) is 0 Å². The molecule has 0 saturated carbocycles. The first-order valence-corrected chi connectivity index (χ1v) is 6.26. The second kappa shape index (κ2) is 4.81. The summed E-state index contributed by atoms with van der Waals surface area (Å²) >= 11 is 0. The van der Waals surface area contributed by atoms with Crippen molar-refractivity contribution in [1.82, 2.24) is 10.2 Å². The monoisotopic (exact) mass is 212 g/mol. The van der Waals surface area contributed by atoms with Crippen molar-refractivity contribution < 1.29 is 4.74 Å². The highest BCUT2D eigenvalue weighted by Gasteiger charge is 2.32. The zero-order chi connectivity index (χ0) is 10.8. The summed E-state index contributed by atoms with van der Waals surface area (Å²) in [5.74, 6) is 1.36. The number of nitrogens with one attached hydrogen (secondary N) is 1. The van der Waals surface area contributed by atoms with Crippen LogP contribution in [0.15, 0.2) is 0 Å². The molecule has 0 radical (unpaired) electrons. The van der Waals surface area contributed by atoms with Crippen molar-refractivity contribution in [2.24, 2.45) is 11.8 Å². The fourth-order valence-electron chi connectivity index (χ4n) is 2.54. The lowest BCUT2D eigenvalue weighted by atomic mass is 10.0. The zero-order valence-electron chi connectivity index (χ0n) is 10.2. The first kappa shape index (κ1) is 11.4. The van der Waals surface area contributed by atoms with Gasteiger partial charge in [-0.15, -0.1) is 0 Å². The van der Waals surface area contributed by atoms with Crippen LogP contribution in [0.1, 0.15) is 27.2 Å². The molecule has 2 saturated heterocycles. The number of nitrogens with zero attached hydrogens (tertiary/aromatic N) is 1.